The average molecular weight is 170 g/mol. The molecule has 11 heavy (non-hydrogen) atoms. The van der Waals surface area contributed by atoms with Crippen LogP contribution < -0.4 is 5.32 Å². The summed E-state index contributed by atoms with van der Waals surface area (Å²) in [6.07, 6.45) is 2.31. The summed E-state index contributed by atoms with van der Waals surface area (Å²) in [5, 5.41) is 11.9. The maximum atomic E-state index is 3.91. The van der Waals surface area contributed by atoms with Crippen molar-refractivity contribution in [3.8, 4) is 0 Å². The fraction of sp³-hybridized carbons (Fsp3) is 0.833. The van der Waals surface area contributed by atoms with E-state index in [1.165, 1.54) is 18.0 Å². The smallest absolute Gasteiger partial charge is 0.138 e. The lowest BCUT2D eigenvalue weighted by Crippen LogP contribution is -2.10. The van der Waals surface area contributed by atoms with Crippen molar-refractivity contribution in [1.82, 2.24) is 20.1 Å². The first-order chi connectivity index (χ1) is 5.45. The summed E-state index contributed by atoms with van der Waals surface area (Å²) in [4.78, 5) is 0. The van der Waals surface area contributed by atoms with E-state index in [2.05, 4.69) is 20.1 Å². The Labute approximate surface area is 69.2 Å². The summed E-state index contributed by atoms with van der Waals surface area (Å²) >= 11 is 1.41. The minimum atomic E-state index is 0.754. The first-order valence-electron chi connectivity index (χ1n) is 3.80. The standard InChI is InChI=1S/C6H10N4S/c1-2-7-4-5(1)3-6-8-9-10-11-6/h5,7H,1-4H2. The van der Waals surface area contributed by atoms with Crippen molar-refractivity contribution in [3.05, 3.63) is 5.01 Å². The Morgan fingerprint density at radius 2 is 2.64 bits per heavy atom. The van der Waals surface area contributed by atoms with E-state index < -0.39 is 0 Å². The van der Waals surface area contributed by atoms with Crippen LogP contribution in [0.5, 0.6) is 0 Å². The van der Waals surface area contributed by atoms with Gasteiger partial charge in [-0.2, -0.15) is 0 Å². The summed E-state index contributed by atoms with van der Waals surface area (Å²) in [5.41, 5.74) is 0. The summed E-state index contributed by atoms with van der Waals surface area (Å²) < 4.78 is 3.72. The molecule has 2 heterocycles. The van der Waals surface area contributed by atoms with Gasteiger partial charge in [0.05, 0.1) is 0 Å². The summed E-state index contributed by atoms with van der Waals surface area (Å²) in [5.74, 6) is 0.754. The minimum Gasteiger partial charge on any atom is -0.316 e. The molecule has 1 atom stereocenters. The Kier molecular flexibility index (Phi) is 2.09. The van der Waals surface area contributed by atoms with Crippen LogP contribution in [0.2, 0.25) is 0 Å². The Morgan fingerprint density at radius 1 is 1.64 bits per heavy atom. The molecule has 0 radical (unpaired) electrons. The molecule has 60 valence electrons. The normalized spacial score (nSPS) is 24.2. The fourth-order valence-electron chi connectivity index (χ4n) is 1.37. The molecule has 1 aliphatic heterocycles. The molecule has 0 saturated carbocycles. The maximum Gasteiger partial charge on any atom is 0.138 e. The third-order valence-electron chi connectivity index (χ3n) is 1.96. The largest absolute Gasteiger partial charge is 0.316 e. The molecular formula is C6H10N4S. The highest BCUT2D eigenvalue weighted by Crippen LogP contribution is 2.14. The molecule has 1 aliphatic rings. The Morgan fingerprint density at radius 3 is 3.27 bits per heavy atom. The van der Waals surface area contributed by atoms with Crippen LogP contribution in [0, 0.1) is 5.92 Å². The van der Waals surface area contributed by atoms with Gasteiger partial charge in [-0.05, 0) is 30.6 Å². The molecule has 1 fully saturated rings. The van der Waals surface area contributed by atoms with Crippen LogP contribution in [-0.4, -0.2) is 27.9 Å². The second-order valence-electron chi connectivity index (χ2n) is 2.82. The maximum absolute atomic E-state index is 3.91. The number of rotatable bonds is 2. The zero-order chi connectivity index (χ0) is 7.52. The lowest BCUT2D eigenvalue weighted by Gasteiger charge is -2.01. The van der Waals surface area contributed by atoms with Gasteiger partial charge in [0, 0.05) is 18.0 Å². The molecule has 1 N–H and O–H groups in total. The van der Waals surface area contributed by atoms with Crippen LogP contribution in [0.3, 0.4) is 0 Å². The van der Waals surface area contributed by atoms with Gasteiger partial charge in [0.15, 0.2) is 0 Å². The monoisotopic (exact) mass is 170 g/mol. The van der Waals surface area contributed by atoms with Crippen LogP contribution in [0.4, 0.5) is 0 Å². The highest BCUT2D eigenvalue weighted by Gasteiger charge is 2.16. The van der Waals surface area contributed by atoms with Gasteiger partial charge >= 0.3 is 0 Å². The van der Waals surface area contributed by atoms with Crippen molar-refractivity contribution in [2.24, 2.45) is 5.92 Å². The van der Waals surface area contributed by atoms with Gasteiger partial charge < -0.3 is 5.32 Å². The second-order valence-corrected chi connectivity index (χ2v) is 3.64. The number of aromatic nitrogens is 3. The predicted octanol–water partition coefficient (Wildman–Crippen LogP) is 0.0851. The van der Waals surface area contributed by atoms with Crippen LogP contribution in [0.1, 0.15) is 11.4 Å². The molecule has 0 aliphatic carbocycles. The highest BCUT2D eigenvalue weighted by atomic mass is 32.1. The fourth-order valence-corrected chi connectivity index (χ4v) is 1.92. The second kappa shape index (κ2) is 3.23. The van der Waals surface area contributed by atoms with Crippen LogP contribution >= 0.6 is 11.5 Å². The first kappa shape index (κ1) is 7.12. The van der Waals surface area contributed by atoms with Gasteiger partial charge in [-0.1, -0.05) is 4.49 Å². The summed E-state index contributed by atoms with van der Waals surface area (Å²) in [7, 11) is 0. The molecule has 0 bridgehead atoms. The summed E-state index contributed by atoms with van der Waals surface area (Å²) in [6.45, 7) is 2.27. The molecule has 5 heteroatoms. The first-order valence-corrected chi connectivity index (χ1v) is 4.57. The van der Waals surface area contributed by atoms with E-state index in [-0.39, 0.29) is 0 Å². The topological polar surface area (TPSA) is 50.7 Å². The number of hydrogen-bond acceptors (Lipinski definition) is 5. The predicted molar refractivity (Wildman–Crippen MR) is 42.4 cm³/mol. The minimum absolute atomic E-state index is 0.754. The number of nitrogens with one attached hydrogen (secondary N) is 1. The molecule has 1 aromatic rings. The average Bonchev–Trinajstić information content (AvgIpc) is 2.60. The Hall–Kier alpha value is -0.550. The molecule has 4 nitrogen and oxygen atoms in total. The third-order valence-corrected chi connectivity index (χ3v) is 2.58. The molecule has 1 unspecified atom stereocenters. The van der Waals surface area contributed by atoms with E-state index in [0.29, 0.717) is 0 Å². The molecular weight excluding hydrogens is 160 g/mol. The number of nitrogens with zero attached hydrogens (tertiary/aromatic N) is 3. The van der Waals surface area contributed by atoms with Gasteiger partial charge in [0.2, 0.25) is 0 Å². The van der Waals surface area contributed by atoms with Gasteiger partial charge in [-0.3, -0.25) is 0 Å². The molecule has 0 amide bonds. The van der Waals surface area contributed by atoms with Gasteiger partial charge in [0.25, 0.3) is 0 Å². The van der Waals surface area contributed by atoms with Crippen molar-refractivity contribution in [1.29, 1.82) is 0 Å². The van der Waals surface area contributed by atoms with Crippen molar-refractivity contribution in [2.45, 2.75) is 12.8 Å². The van der Waals surface area contributed by atoms with Gasteiger partial charge in [-0.25, -0.2) is 0 Å². The van der Waals surface area contributed by atoms with Crippen LogP contribution in [0.15, 0.2) is 0 Å². The van der Waals surface area contributed by atoms with Crippen LogP contribution in [0.25, 0.3) is 0 Å². The zero-order valence-corrected chi connectivity index (χ0v) is 6.97. The van der Waals surface area contributed by atoms with Crippen molar-refractivity contribution in [2.75, 3.05) is 13.1 Å². The molecule has 0 aromatic carbocycles. The highest BCUT2D eigenvalue weighted by molar-refractivity contribution is 7.05. The van der Waals surface area contributed by atoms with E-state index in [1.54, 1.807) is 0 Å². The molecule has 0 spiro atoms. The third kappa shape index (κ3) is 1.72. The quantitative estimate of drug-likeness (QED) is 0.683. The zero-order valence-electron chi connectivity index (χ0n) is 6.16. The summed E-state index contributed by atoms with van der Waals surface area (Å²) in [6, 6.07) is 0. The molecule has 1 aromatic heterocycles. The van der Waals surface area contributed by atoms with Gasteiger partial charge in [-0.15, -0.1) is 5.10 Å². The van der Waals surface area contributed by atoms with Crippen molar-refractivity contribution < 1.29 is 0 Å². The van der Waals surface area contributed by atoms with E-state index >= 15 is 0 Å². The van der Waals surface area contributed by atoms with Crippen LogP contribution in [-0.2, 0) is 6.42 Å². The lowest BCUT2D eigenvalue weighted by molar-refractivity contribution is 0.575. The Balaban J connectivity index is 1.90. The van der Waals surface area contributed by atoms with E-state index in [1.807, 2.05) is 0 Å². The van der Waals surface area contributed by atoms with Crippen molar-refractivity contribution >= 4 is 11.5 Å². The van der Waals surface area contributed by atoms with E-state index in [4.69, 9.17) is 0 Å². The Bertz CT molecular complexity index is 204. The number of hydrogen-bond donors (Lipinski definition) is 1. The molecule has 1 saturated heterocycles. The lowest BCUT2D eigenvalue weighted by atomic mass is 10.1. The van der Waals surface area contributed by atoms with E-state index in [9.17, 15) is 0 Å². The van der Waals surface area contributed by atoms with Gasteiger partial charge in [0.1, 0.15) is 5.01 Å². The molecule has 2 rings (SSSR count). The van der Waals surface area contributed by atoms with E-state index in [0.717, 1.165) is 30.4 Å². The SMILES string of the molecule is C1CC(Cc2nnns2)CN1. The van der Waals surface area contributed by atoms with Crippen molar-refractivity contribution in [3.63, 3.8) is 0 Å².